The quantitative estimate of drug-likeness (QED) is 0.802. The molecule has 1 aromatic rings. The van der Waals surface area contributed by atoms with Crippen LogP contribution in [0.3, 0.4) is 0 Å². The van der Waals surface area contributed by atoms with Crippen molar-refractivity contribution in [2.24, 2.45) is 0 Å². The molecule has 0 saturated carbocycles. The van der Waals surface area contributed by atoms with Crippen molar-refractivity contribution in [3.05, 3.63) is 29.3 Å². The molecule has 0 aliphatic heterocycles. The van der Waals surface area contributed by atoms with Crippen molar-refractivity contribution in [1.82, 2.24) is 10.2 Å². The molecule has 1 N–H and O–H groups in total. The van der Waals surface area contributed by atoms with E-state index < -0.39 is 0 Å². The lowest BCUT2D eigenvalue weighted by molar-refractivity contribution is 0.335. The van der Waals surface area contributed by atoms with Crippen LogP contribution >= 0.6 is 0 Å². The Morgan fingerprint density at radius 1 is 1.33 bits per heavy atom. The van der Waals surface area contributed by atoms with Gasteiger partial charge >= 0.3 is 0 Å². The first-order valence-corrected chi connectivity index (χ1v) is 6.58. The summed E-state index contributed by atoms with van der Waals surface area (Å²) in [6.45, 7) is 6.30. The van der Waals surface area contributed by atoms with Crippen LogP contribution in [0, 0.1) is 6.92 Å². The second kappa shape index (κ2) is 7.39. The number of hydrogen-bond donors (Lipinski definition) is 1. The van der Waals surface area contributed by atoms with Gasteiger partial charge in [-0.05, 0) is 45.6 Å². The fourth-order valence-corrected chi connectivity index (χ4v) is 2.26. The molecule has 1 unspecified atom stereocenters. The Morgan fingerprint density at radius 3 is 2.61 bits per heavy atom. The van der Waals surface area contributed by atoms with Crippen LogP contribution in [0.25, 0.3) is 0 Å². The van der Waals surface area contributed by atoms with Gasteiger partial charge in [-0.25, -0.2) is 0 Å². The van der Waals surface area contributed by atoms with Gasteiger partial charge in [-0.15, -0.1) is 0 Å². The number of ether oxygens (including phenoxy) is 1. The van der Waals surface area contributed by atoms with E-state index >= 15 is 0 Å². The predicted molar refractivity (Wildman–Crippen MR) is 77.5 cm³/mol. The standard InChI is InChI=1S/C15H26N2O/c1-6-16-14(11-17(3)4)10-13-9-12(2)7-8-15(13)18-5/h7-9,14,16H,6,10-11H2,1-5H3. The molecular formula is C15H26N2O. The highest BCUT2D eigenvalue weighted by Crippen LogP contribution is 2.21. The van der Waals surface area contributed by atoms with E-state index in [1.165, 1.54) is 11.1 Å². The minimum Gasteiger partial charge on any atom is -0.496 e. The molecule has 3 heteroatoms. The lowest BCUT2D eigenvalue weighted by atomic mass is 10.0. The molecule has 0 heterocycles. The third-order valence-corrected chi connectivity index (χ3v) is 2.98. The molecule has 1 rings (SSSR count). The molecule has 0 aliphatic carbocycles. The maximum Gasteiger partial charge on any atom is 0.122 e. The molecule has 0 radical (unpaired) electrons. The van der Waals surface area contributed by atoms with Gasteiger partial charge in [0.2, 0.25) is 0 Å². The molecule has 0 bridgehead atoms. The van der Waals surface area contributed by atoms with Crippen molar-refractivity contribution in [2.45, 2.75) is 26.3 Å². The number of rotatable bonds is 7. The van der Waals surface area contributed by atoms with E-state index in [9.17, 15) is 0 Å². The van der Waals surface area contributed by atoms with Gasteiger partial charge in [0.15, 0.2) is 0 Å². The van der Waals surface area contributed by atoms with Gasteiger partial charge in [-0.3, -0.25) is 0 Å². The van der Waals surface area contributed by atoms with E-state index in [-0.39, 0.29) is 0 Å². The molecule has 0 saturated heterocycles. The van der Waals surface area contributed by atoms with Crippen LogP contribution in [0.2, 0.25) is 0 Å². The fraction of sp³-hybridized carbons (Fsp3) is 0.600. The fourth-order valence-electron chi connectivity index (χ4n) is 2.26. The van der Waals surface area contributed by atoms with Crippen molar-refractivity contribution < 1.29 is 4.74 Å². The zero-order valence-corrected chi connectivity index (χ0v) is 12.3. The molecule has 3 nitrogen and oxygen atoms in total. The van der Waals surface area contributed by atoms with Gasteiger partial charge in [0.25, 0.3) is 0 Å². The number of nitrogens with zero attached hydrogens (tertiary/aromatic N) is 1. The van der Waals surface area contributed by atoms with Crippen LogP contribution in [-0.2, 0) is 6.42 Å². The van der Waals surface area contributed by atoms with E-state index in [0.29, 0.717) is 6.04 Å². The average Bonchev–Trinajstić information content (AvgIpc) is 2.28. The first kappa shape index (κ1) is 15.0. The van der Waals surface area contributed by atoms with Crippen LogP contribution < -0.4 is 10.1 Å². The summed E-state index contributed by atoms with van der Waals surface area (Å²) in [5.41, 5.74) is 2.57. The van der Waals surface area contributed by atoms with Crippen molar-refractivity contribution in [3.8, 4) is 5.75 Å². The normalized spacial score (nSPS) is 12.8. The monoisotopic (exact) mass is 250 g/mol. The first-order valence-electron chi connectivity index (χ1n) is 6.58. The summed E-state index contributed by atoms with van der Waals surface area (Å²) in [7, 11) is 5.96. The SMILES string of the molecule is CCNC(Cc1cc(C)ccc1OC)CN(C)C. The highest BCUT2D eigenvalue weighted by atomic mass is 16.5. The molecule has 1 aromatic carbocycles. The molecular weight excluding hydrogens is 224 g/mol. The smallest absolute Gasteiger partial charge is 0.122 e. The van der Waals surface area contributed by atoms with Crippen LogP contribution in [0.1, 0.15) is 18.1 Å². The Balaban J connectivity index is 2.81. The van der Waals surface area contributed by atoms with Gasteiger partial charge in [0.1, 0.15) is 5.75 Å². The average molecular weight is 250 g/mol. The van der Waals surface area contributed by atoms with E-state index in [2.05, 4.69) is 56.4 Å². The minimum atomic E-state index is 0.459. The summed E-state index contributed by atoms with van der Waals surface area (Å²) in [5, 5.41) is 3.54. The van der Waals surface area contributed by atoms with Gasteiger partial charge in [0.05, 0.1) is 7.11 Å². The Bertz CT molecular complexity index is 364. The molecule has 0 amide bonds. The Labute approximate surface area is 111 Å². The van der Waals surface area contributed by atoms with E-state index in [1.54, 1.807) is 7.11 Å². The minimum absolute atomic E-state index is 0.459. The van der Waals surface area contributed by atoms with Gasteiger partial charge in [0, 0.05) is 12.6 Å². The predicted octanol–water partition coefficient (Wildman–Crippen LogP) is 2.09. The number of nitrogens with one attached hydrogen (secondary N) is 1. The summed E-state index contributed by atoms with van der Waals surface area (Å²) < 4.78 is 5.44. The van der Waals surface area contributed by atoms with Crippen LogP contribution in [0.15, 0.2) is 18.2 Å². The third kappa shape index (κ3) is 4.67. The number of hydrogen-bond acceptors (Lipinski definition) is 3. The van der Waals surface area contributed by atoms with E-state index in [4.69, 9.17) is 4.74 Å². The van der Waals surface area contributed by atoms with Gasteiger partial charge < -0.3 is 15.0 Å². The second-order valence-electron chi connectivity index (χ2n) is 5.04. The number of methoxy groups -OCH3 is 1. The third-order valence-electron chi connectivity index (χ3n) is 2.98. The molecule has 0 aliphatic rings. The van der Waals surface area contributed by atoms with E-state index in [0.717, 1.165) is 25.3 Å². The van der Waals surface area contributed by atoms with Crippen molar-refractivity contribution >= 4 is 0 Å². The first-order chi connectivity index (χ1) is 8.56. The lowest BCUT2D eigenvalue weighted by Crippen LogP contribution is -2.39. The number of aryl methyl sites for hydroxylation is 1. The molecule has 0 spiro atoms. The maximum absolute atomic E-state index is 5.44. The largest absolute Gasteiger partial charge is 0.496 e. The Kier molecular flexibility index (Phi) is 6.16. The summed E-state index contributed by atoms with van der Waals surface area (Å²) in [6.07, 6.45) is 0.997. The zero-order valence-electron chi connectivity index (χ0n) is 12.3. The molecule has 0 aromatic heterocycles. The van der Waals surface area contributed by atoms with Crippen LogP contribution in [0.4, 0.5) is 0 Å². The topological polar surface area (TPSA) is 24.5 Å². The molecule has 0 fully saturated rings. The highest BCUT2D eigenvalue weighted by molar-refractivity contribution is 5.37. The number of benzene rings is 1. The second-order valence-corrected chi connectivity index (χ2v) is 5.04. The summed E-state index contributed by atoms with van der Waals surface area (Å²) in [4.78, 5) is 2.22. The molecule has 102 valence electrons. The Morgan fingerprint density at radius 2 is 2.06 bits per heavy atom. The van der Waals surface area contributed by atoms with Crippen molar-refractivity contribution in [2.75, 3.05) is 34.3 Å². The molecule has 1 atom stereocenters. The summed E-state index contributed by atoms with van der Waals surface area (Å²) in [6, 6.07) is 6.83. The van der Waals surface area contributed by atoms with E-state index in [1.807, 2.05) is 0 Å². The van der Waals surface area contributed by atoms with Crippen molar-refractivity contribution in [3.63, 3.8) is 0 Å². The summed E-state index contributed by atoms with van der Waals surface area (Å²) in [5.74, 6) is 0.988. The maximum atomic E-state index is 5.44. The van der Waals surface area contributed by atoms with Crippen molar-refractivity contribution in [1.29, 1.82) is 0 Å². The zero-order chi connectivity index (χ0) is 13.5. The Hall–Kier alpha value is -1.06. The summed E-state index contributed by atoms with van der Waals surface area (Å²) >= 11 is 0. The van der Waals surface area contributed by atoms with Crippen LogP contribution in [-0.4, -0.2) is 45.2 Å². The molecule has 18 heavy (non-hydrogen) atoms. The van der Waals surface area contributed by atoms with Gasteiger partial charge in [-0.2, -0.15) is 0 Å². The van der Waals surface area contributed by atoms with Crippen LogP contribution in [0.5, 0.6) is 5.75 Å². The number of likely N-dealkylation sites (N-methyl/N-ethyl adjacent to an activating group) is 2. The lowest BCUT2D eigenvalue weighted by Gasteiger charge is -2.23. The van der Waals surface area contributed by atoms with Gasteiger partial charge in [-0.1, -0.05) is 24.6 Å². The highest BCUT2D eigenvalue weighted by Gasteiger charge is 2.12.